The molecule has 0 spiro atoms. The fourth-order valence-corrected chi connectivity index (χ4v) is 3.37. The summed E-state index contributed by atoms with van der Waals surface area (Å²) in [4.78, 5) is 16.0. The van der Waals surface area contributed by atoms with Crippen LogP contribution >= 0.6 is 11.3 Å². The second-order valence-corrected chi connectivity index (χ2v) is 7.05. The molecule has 6 heteroatoms. The molecule has 1 aliphatic heterocycles. The van der Waals surface area contributed by atoms with Crippen molar-refractivity contribution < 1.29 is 19.0 Å². The third-order valence-corrected chi connectivity index (χ3v) is 4.46. The highest BCUT2D eigenvalue weighted by molar-refractivity contribution is 7.09. The highest BCUT2D eigenvalue weighted by atomic mass is 32.1. The molecular formula is C17H25NO4S. The van der Waals surface area contributed by atoms with Crippen LogP contribution in [0.2, 0.25) is 0 Å². The number of esters is 1. The molecule has 1 aromatic heterocycles. The Morgan fingerprint density at radius 1 is 1.61 bits per heavy atom. The summed E-state index contributed by atoms with van der Waals surface area (Å²) in [5.74, 6) is -0.516. The average Bonchev–Trinajstić information content (AvgIpc) is 3.06. The summed E-state index contributed by atoms with van der Waals surface area (Å²) in [5.41, 5.74) is 1.05. The zero-order valence-electron chi connectivity index (χ0n) is 14.2. The number of carbonyl (C=O) groups is 1. The van der Waals surface area contributed by atoms with E-state index in [1.807, 2.05) is 19.9 Å². The van der Waals surface area contributed by atoms with Crippen molar-refractivity contribution in [2.24, 2.45) is 0 Å². The molecule has 2 atom stereocenters. The summed E-state index contributed by atoms with van der Waals surface area (Å²) in [6, 6.07) is 0. The van der Waals surface area contributed by atoms with Gasteiger partial charge in [-0.3, -0.25) is 0 Å². The van der Waals surface area contributed by atoms with Crippen molar-refractivity contribution in [1.29, 1.82) is 0 Å². The van der Waals surface area contributed by atoms with Gasteiger partial charge in [-0.2, -0.15) is 0 Å². The topological polar surface area (TPSA) is 57.7 Å². The van der Waals surface area contributed by atoms with Crippen LogP contribution in [0.15, 0.2) is 17.5 Å². The van der Waals surface area contributed by atoms with Crippen molar-refractivity contribution in [3.63, 3.8) is 0 Å². The zero-order chi connectivity index (χ0) is 16.9. The number of thiazole rings is 1. The van der Waals surface area contributed by atoms with Crippen molar-refractivity contribution in [2.45, 2.75) is 58.3 Å². The van der Waals surface area contributed by atoms with Gasteiger partial charge >= 0.3 is 5.97 Å². The molecule has 0 amide bonds. The molecule has 0 N–H and O–H groups in total. The molecule has 0 aromatic carbocycles. The van der Waals surface area contributed by atoms with E-state index in [0.29, 0.717) is 13.2 Å². The van der Waals surface area contributed by atoms with E-state index >= 15 is 0 Å². The van der Waals surface area contributed by atoms with Crippen LogP contribution in [0.1, 0.15) is 50.7 Å². The van der Waals surface area contributed by atoms with Gasteiger partial charge in [-0.1, -0.05) is 13.0 Å². The third kappa shape index (κ3) is 5.71. The maximum absolute atomic E-state index is 11.3. The Hall–Kier alpha value is -1.24. The molecule has 0 radical (unpaired) electrons. The number of carbonyl (C=O) groups excluding carboxylic acids is 1. The zero-order valence-corrected chi connectivity index (χ0v) is 15.0. The Morgan fingerprint density at radius 3 is 3.04 bits per heavy atom. The summed E-state index contributed by atoms with van der Waals surface area (Å²) in [6.45, 7) is 8.77. The fourth-order valence-electron chi connectivity index (χ4n) is 2.38. The van der Waals surface area contributed by atoms with Gasteiger partial charge in [0.05, 0.1) is 30.0 Å². The highest BCUT2D eigenvalue weighted by Crippen LogP contribution is 2.27. The van der Waals surface area contributed by atoms with E-state index in [1.54, 1.807) is 18.3 Å². The van der Waals surface area contributed by atoms with Gasteiger partial charge in [0.25, 0.3) is 0 Å². The van der Waals surface area contributed by atoms with Crippen LogP contribution in [0.5, 0.6) is 0 Å². The Kier molecular flexibility index (Phi) is 6.33. The van der Waals surface area contributed by atoms with Crippen molar-refractivity contribution in [3.8, 4) is 0 Å². The van der Waals surface area contributed by atoms with Crippen LogP contribution in [0.4, 0.5) is 0 Å². The van der Waals surface area contributed by atoms with Crippen molar-refractivity contribution in [2.75, 3.05) is 13.2 Å². The van der Waals surface area contributed by atoms with E-state index in [0.717, 1.165) is 23.5 Å². The first-order valence-electron chi connectivity index (χ1n) is 7.99. The van der Waals surface area contributed by atoms with Gasteiger partial charge in [0.2, 0.25) is 0 Å². The number of rotatable bonds is 7. The summed E-state index contributed by atoms with van der Waals surface area (Å²) < 4.78 is 16.3. The molecule has 1 aromatic rings. The summed E-state index contributed by atoms with van der Waals surface area (Å²) in [5, 5.41) is 3.15. The SMILES string of the molecule is CCOC(=O)/C=C/C[C@H](C)c1csc(C[C@H]2COC(C)(C)O2)n1. The van der Waals surface area contributed by atoms with Gasteiger partial charge in [-0.25, -0.2) is 9.78 Å². The molecule has 23 heavy (non-hydrogen) atoms. The van der Waals surface area contributed by atoms with E-state index in [2.05, 4.69) is 17.3 Å². The Morgan fingerprint density at radius 2 is 2.39 bits per heavy atom. The van der Waals surface area contributed by atoms with E-state index in [1.165, 1.54) is 6.08 Å². The van der Waals surface area contributed by atoms with Crippen LogP contribution in [-0.2, 0) is 25.4 Å². The highest BCUT2D eigenvalue weighted by Gasteiger charge is 2.33. The summed E-state index contributed by atoms with van der Waals surface area (Å²) in [6.07, 6.45) is 4.94. The maximum Gasteiger partial charge on any atom is 0.330 e. The van der Waals surface area contributed by atoms with Gasteiger partial charge in [0, 0.05) is 23.8 Å². The second kappa shape index (κ2) is 8.04. The first-order chi connectivity index (χ1) is 10.9. The van der Waals surface area contributed by atoms with Crippen molar-refractivity contribution in [3.05, 3.63) is 28.2 Å². The van der Waals surface area contributed by atoms with Crippen molar-refractivity contribution in [1.82, 2.24) is 4.98 Å². The normalized spacial score (nSPS) is 21.7. The lowest BCUT2D eigenvalue weighted by Crippen LogP contribution is -2.22. The van der Waals surface area contributed by atoms with Crippen LogP contribution in [0, 0.1) is 0 Å². The minimum absolute atomic E-state index is 0.0722. The molecule has 1 aliphatic rings. The molecule has 2 rings (SSSR count). The Labute approximate surface area is 141 Å². The number of nitrogens with zero attached hydrogens (tertiary/aromatic N) is 1. The van der Waals surface area contributed by atoms with Crippen LogP contribution in [-0.4, -0.2) is 36.1 Å². The number of hydrogen-bond donors (Lipinski definition) is 0. The van der Waals surface area contributed by atoms with Gasteiger partial charge in [0.1, 0.15) is 0 Å². The average molecular weight is 339 g/mol. The maximum atomic E-state index is 11.3. The third-order valence-electron chi connectivity index (χ3n) is 3.57. The molecule has 0 unspecified atom stereocenters. The van der Waals surface area contributed by atoms with E-state index in [9.17, 15) is 4.79 Å². The van der Waals surface area contributed by atoms with Gasteiger partial charge in [-0.15, -0.1) is 11.3 Å². The molecule has 0 bridgehead atoms. The predicted molar refractivity (Wildman–Crippen MR) is 89.5 cm³/mol. The molecule has 1 saturated heterocycles. The minimum Gasteiger partial charge on any atom is -0.463 e. The van der Waals surface area contributed by atoms with E-state index in [4.69, 9.17) is 14.2 Å². The van der Waals surface area contributed by atoms with Gasteiger partial charge < -0.3 is 14.2 Å². The monoisotopic (exact) mass is 339 g/mol. The number of aromatic nitrogens is 1. The van der Waals surface area contributed by atoms with Crippen LogP contribution in [0.25, 0.3) is 0 Å². The quantitative estimate of drug-likeness (QED) is 0.562. The molecule has 128 valence electrons. The van der Waals surface area contributed by atoms with Crippen LogP contribution < -0.4 is 0 Å². The minimum atomic E-state index is -0.490. The standard InChI is InChI=1S/C17H25NO4S/c1-5-20-16(19)8-6-7-12(2)14-11-23-15(18-14)9-13-10-21-17(3,4)22-13/h6,8,11-13H,5,7,9-10H2,1-4H3/b8-6+/t12-,13-/m0/s1. The summed E-state index contributed by atoms with van der Waals surface area (Å²) >= 11 is 1.65. The first-order valence-corrected chi connectivity index (χ1v) is 8.87. The second-order valence-electron chi connectivity index (χ2n) is 6.11. The van der Waals surface area contributed by atoms with Crippen LogP contribution in [0.3, 0.4) is 0 Å². The molecule has 0 saturated carbocycles. The Balaban J connectivity index is 1.83. The number of allylic oxidation sites excluding steroid dienone is 1. The lowest BCUT2D eigenvalue weighted by molar-refractivity contribution is -0.138. The van der Waals surface area contributed by atoms with Gasteiger partial charge in [0.15, 0.2) is 5.79 Å². The molecule has 2 heterocycles. The van der Waals surface area contributed by atoms with E-state index in [-0.39, 0.29) is 18.0 Å². The molecule has 0 aliphatic carbocycles. The Bertz CT molecular complexity index is 553. The number of hydrogen-bond acceptors (Lipinski definition) is 6. The predicted octanol–water partition coefficient (Wildman–Crippen LogP) is 3.45. The molecular weight excluding hydrogens is 314 g/mol. The lowest BCUT2D eigenvalue weighted by Gasteiger charge is -2.16. The fraction of sp³-hybridized carbons (Fsp3) is 0.647. The van der Waals surface area contributed by atoms with Crippen molar-refractivity contribution >= 4 is 17.3 Å². The summed E-state index contributed by atoms with van der Waals surface area (Å²) in [7, 11) is 0. The molecule has 1 fully saturated rings. The van der Waals surface area contributed by atoms with Gasteiger partial charge in [-0.05, 0) is 27.2 Å². The lowest BCUT2D eigenvalue weighted by atomic mass is 10.1. The largest absolute Gasteiger partial charge is 0.463 e. The van der Waals surface area contributed by atoms with E-state index < -0.39 is 5.79 Å². The number of ether oxygens (including phenoxy) is 3. The first kappa shape index (κ1) is 18.1. The molecule has 5 nitrogen and oxygen atoms in total. The smallest absolute Gasteiger partial charge is 0.330 e.